The van der Waals surface area contributed by atoms with E-state index in [0.717, 1.165) is 6.42 Å². The molecular formula is C12H17N3O. The molecule has 0 aliphatic rings. The fourth-order valence-electron chi connectivity index (χ4n) is 1.40. The summed E-state index contributed by atoms with van der Waals surface area (Å²) in [5.74, 6) is -0.0817. The predicted octanol–water partition coefficient (Wildman–Crippen LogP) is 1.70. The molecule has 0 aromatic carbocycles. The molecule has 1 aromatic heterocycles. The van der Waals surface area contributed by atoms with Crippen LogP contribution in [0.3, 0.4) is 0 Å². The number of amides is 1. The number of carbonyl (C=O) groups excluding carboxylic acids is 1. The van der Waals surface area contributed by atoms with Gasteiger partial charge in [-0.1, -0.05) is 13.0 Å². The monoisotopic (exact) mass is 219 g/mol. The molecule has 0 spiro atoms. The molecule has 1 aromatic rings. The van der Waals surface area contributed by atoms with Crippen LogP contribution in [-0.4, -0.2) is 28.9 Å². The van der Waals surface area contributed by atoms with E-state index in [-0.39, 0.29) is 5.91 Å². The third-order valence-corrected chi connectivity index (χ3v) is 2.14. The fraction of sp³-hybridized carbons (Fsp3) is 0.333. The van der Waals surface area contributed by atoms with Gasteiger partial charge in [0.25, 0.3) is 5.91 Å². The van der Waals surface area contributed by atoms with E-state index in [1.807, 2.05) is 6.92 Å². The van der Waals surface area contributed by atoms with Crippen molar-refractivity contribution >= 4 is 11.6 Å². The lowest BCUT2D eigenvalue weighted by Gasteiger charge is -2.19. The van der Waals surface area contributed by atoms with Crippen LogP contribution in [0, 0.1) is 0 Å². The summed E-state index contributed by atoms with van der Waals surface area (Å²) < 4.78 is 0. The molecular weight excluding hydrogens is 202 g/mol. The number of nitrogens with zero attached hydrogens (tertiary/aromatic N) is 2. The Balaban J connectivity index is 2.80. The molecule has 0 radical (unpaired) electrons. The summed E-state index contributed by atoms with van der Waals surface area (Å²) >= 11 is 0. The minimum atomic E-state index is -0.0817. The second-order valence-electron chi connectivity index (χ2n) is 3.52. The summed E-state index contributed by atoms with van der Waals surface area (Å²) in [7, 11) is 0. The van der Waals surface area contributed by atoms with Gasteiger partial charge in [0.1, 0.15) is 5.69 Å². The first kappa shape index (κ1) is 12.2. The molecule has 0 unspecified atom stereocenters. The molecule has 0 bridgehead atoms. The second-order valence-corrected chi connectivity index (χ2v) is 3.52. The normalized spacial score (nSPS) is 9.81. The highest BCUT2D eigenvalue weighted by Crippen LogP contribution is 2.05. The number of pyridine rings is 1. The Morgan fingerprint density at radius 1 is 1.62 bits per heavy atom. The number of anilines is 1. The van der Waals surface area contributed by atoms with Crippen molar-refractivity contribution in [2.45, 2.75) is 13.3 Å². The van der Waals surface area contributed by atoms with Gasteiger partial charge < -0.3 is 10.6 Å². The van der Waals surface area contributed by atoms with Crippen LogP contribution in [0.1, 0.15) is 23.8 Å². The molecule has 0 aliphatic heterocycles. The highest BCUT2D eigenvalue weighted by Gasteiger charge is 2.14. The van der Waals surface area contributed by atoms with Crippen molar-refractivity contribution in [3.63, 3.8) is 0 Å². The first-order chi connectivity index (χ1) is 7.69. The smallest absolute Gasteiger partial charge is 0.272 e. The molecule has 0 atom stereocenters. The number of rotatable bonds is 5. The molecule has 0 saturated carbocycles. The third kappa shape index (κ3) is 3.08. The van der Waals surface area contributed by atoms with E-state index in [2.05, 4.69) is 11.6 Å². The van der Waals surface area contributed by atoms with Gasteiger partial charge in [-0.15, -0.1) is 6.58 Å². The van der Waals surface area contributed by atoms with E-state index in [0.29, 0.717) is 24.5 Å². The Morgan fingerprint density at radius 3 is 2.88 bits per heavy atom. The van der Waals surface area contributed by atoms with E-state index in [1.165, 1.54) is 6.20 Å². The number of nitrogens with two attached hydrogens (primary N) is 1. The van der Waals surface area contributed by atoms with Crippen molar-refractivity contribution in [1.82, 2.24) is 9.88 Å². The minimum Gasteiger partial charge on any atom is -0.397 e. The maximum absolute atomic E-state index is 12.0. The Labute approximate surface area is 95.8 Å². The lowest BCUT2D eigenvalue weighted by atomic mass is 10.3. The standard InChI is InChI=1S/C12H17N3O/c1-3-7-15(8-4-2)12(16)11-6-5-10(13)9-14-11/h3,5-6,9H,1,4,7-8,13H2,2H3. The molecule has 4 heteroatoms. The summed E-state index contributed by atoms with van der Waals surface area (Å²) in [4.78, 5) is 17.7. The van der Waals surface area contributed by atoms with E-state index < -0.39 is 0 Å². The second kappa shape index (κ2) is 5.90. The van der Waals surface area contributed by atoms with Gasteiger partial charge >= 0.3 is 0 Å². The maximum Gasteiger partial charge on any atom is 0.272 e. The van der Waals surface area contributed by atoms with Crippen molar-refractivity contribution in [3.05, 3.63) is 36.7 Å². The van der Waals surface area contributed by atoms with E-state index in [1.54, 1.807) is 23.1 Å². The molecule has 1 rings (SSSR count). The quantitative estimate of drug-likeness (QED) is 0.767. The highest BCUT2D eigenvalue weighted by molar-refractivity contribution is 5.92. The molecule has 4 nitrogen and oxygen atoms in total. The minimum absolute atomic E-state index is 0.0817. The topological polar surface area (TPSA) is 59.2 Å². The van der Waals surface area contributed by atoms with Gasteiger partial charge in [0.05, 0.1) is 11.9 Å². The van der Waals surface area contributed by atoms with Gasteiger partial charge in [0.15, 0.2) is 0 Å². The van der Waals surface area contributed by atoms with E-state index in [9.17, 15) is 4.79 Å². The number of nitrogen functional groups attached to an aromatic ring is 1. The molecule has 1 heterocycles. The Kier molecular flexibility index (Phi) is 4.51. The number of aromatic nitrogens is 1. The SMILES string of the molecule is C=CCN(CCC)C(=O)c1ccc(N)cn1. The van der Waals surface area contributed by atoms with Gasteiger partial charge in [0.2, 0.25) is 0 Å². The summed E-state index contributed by atoms with van der Waals surface area (Å²) in [5.41, 5.74) is 6.50. The number of hydrogen-bond acceptors (Lipinski definition) is 3. The molecule has 1 amide bonds. The van der Waals surface area contributed by atoms with Crippen molar-refractivity contribution in [2.75, 3.05) is 18.8 Å². The Hall–Kier alpha value is -1.84. The molecule has 16 heavy (non-hydrogen) atoms. The predicted molar refractivity (Wildman–Crippen MR) is 65.0 cm³/mol. The van der Waals surface area contributed by atoms with Gasteiger partial charge in [-0.2, -0.15) is 0 Å². The van der Waals surface area contributed by atoms with E-state index in [4.69, 9.17) is 5.73 Å². The molecule has 0 fully saturated rings. The summed E-state index contributed by atoms with van der Waals surface area (Å²) in [5, 5.41) is 0. The average molecular weight is 219 g/mol. The van der Waals surface area contributed by atoms with Gasteiger partial charge in [-0.3, -0.25) is 4.79 Å². The van der Waals surface area contributed by atoms with Crippen LogP contribution < -0.4 is 5.73 Å². The summed E-state index contributed by atoms with van der Waals surface area (Å²) in [6.07, 6.45) is 4.12. The fourth-order valence-corrected chi connectivity index (χ4v) is 1.40. The van der Waals surface area contributed by atoms with Gasteiger partial charge in [-0.05, 0) is 18.6 Å². The van der Waals surface area contributed by atoms with Gasteiger partial charge in [-0.25, -0.2) is 4.98 Å². The average Bonchev–Trinajstić information content (AvgIpc) is 2.29. The van der Waals surface area contributed by atoms with Crippen LogP contribution in [0.5, 0.6) is 0 Å². The molecule has 0 aliphatic carbocycles. The zero-order valence-electron chi connectivity index (χ0n) is 9.52. The molecule has 86 valence electrons. The lowest BCUT2D eigenvalue weighted by Crippen LogP contribution is -2.32. The molecule has 2 N–H and O–H groups in total. The van der Waals surface area contributed by atoms with Crippen LogP contribution in [0.15, 0.2) is 31.0 Å². The first-order valence-electron chi connectivity index (χ1n) is 5.30. The number of hydrogen-bond donors (Lipinski definition) is 1. The first-order valence-corrected chi connectivity index (χ1v) is 5.30. The third-order valence-electron chi connectivity index (χ3n) is 2.14. The van der Waals surface area contributed by atoms with Crippen molar-refractivity contribution < 1.29 is 4.79 Å². The largest absolute Gasteiger partial charge is 0.397 e. The van der Waals surface area contributed by atoms with Gasteiger partial charge in [0, 0.05) is 13.1 Å². The van der Waals surface area contributed by atoms with Crippen molar-refractivity contribution in [2.24, 2.45) is 0 Å². The number of carbonyl (C=O) groups is 1. The van der Waals surface area contributed by atoms with Crippen molar-refractivity contribution in [3.8, 4) is 0 Å². The Bertz CT molecular complexity index is 359. The highest BCUT2D eigenvalue weighted by atomic mass is 16.2. The lowest BCUT2D eigenvalue weighted by molar-refractivity contribution is 0.0768. The van der Waals surface area contributed by atoms with Crippen LogP contribution in [0.25, 0.3) is 0 Å². The van der Waals surface area contributed by atoms with Crippen LogP contribution in [-0.2, 0) is 0 Å². The summed E-state index contributed by atoms with van der Waals surface area (Å²) in [6, 6.07) is 3.32. The van der Waals surface area contributed by atoms with E-state index >= 15 is 0 Å². The Morgan fingerprint density at radius 2 is 2.38 bits per heavy atom. The zero-order chi connectivity index (χ0) is 12.0. The van der Waals surface area contributed by atoms with Crippen LogP contribution >= 0.6 is 0 Å². The van der Waals surface area contributed by atoms with Crippen LogP contribution in [0.4, 0.5) is 5.69 Å². The van der Waals surface area contributed by atoms with Crippen molar-refractivity contribution in [1.29, 1.82) is 0 Å². The maximum atomic E-state index is 12.0. The molecule has 0 saturated heterocycles. The van der Waals surface area contributed by atoms with Crippen LogP contribution in [0.2, 0.25) is 0 Å². The summed E-state index contributed by atoms with van der Waals surface area (Å²) in [6.45, 7) is 6.91. The zero-order valence-corrected chi connectivity index (χ0v) is 9.52.